The molecular weight excluding hydrogens is 296 g/mol. The molecule has 0 aliphatic carbocycles. The Kier molecular flexibility index (Phi) is 3.76. The number of anilines is 1. The number of hydrogen-bond acceptors (Lipinski definition) is 4. The monoisotopic (exact) mass is 310 g/mol. The summed E-state index contributed by atoms with van der Waals surface area (Å²) >= 11 is 0. The number of carbonyl (C=O) groups is 3. The van der Waals surface area contributed by atoms with Crippen LogP contribution in [0.3, 0.4) is 0 Å². The van der Waals surface area contributed by atoms with E-state index in [2.05, 4.69) is 15.6 Å². The number of aromatic nitrogens is 1. The van der Waals surface area contributed by atoms with E-state index >= 15 is 0 Å². The molecule has 1 aromatic carbocycles. The van der Waals surface area contributed by atoms with Gasteiger partial charge in [0.2, 0.25) is 0 Å². The van der Waals surface area contributed by atoms with Gasteiger partial charge in [-0.3, -0.25) is 19.5 Å². The van der Waals surface area contributed by atoms with Crippen LogP contribution in [0, 0.1) is 0 Å². The van der Waals surface area contributed by atoms with Crippen molar-refractivity contribution >= 4 is 23.5 Å². The smallest absolute Gasteiger partial charge is 0.322 e. The van der Waals surface area contributed by atoms with Crippen LogP contribution in [0.1, 0.15) is 22.1 Å². The highest BCUT2D eigenvalue weighted by molar-refractivity contribution is 6.05. The van der Waals surface area contributed by atoms with Crippen molar-refractivity contribution < 1.29 is 14.4 Å². The van der Waals surface area contributed by atoms with E-state index in [4.69, 9.17) is 0 Å². The van der Waals surface area contributed by atoms with E-state index in [1.165, 1.54) is 13.2 Å². The molecule has 1 aliphatic rings. The molecule has 1 aliphatic heterocycles. The Morgan fingerprint density at radius 2 is 2.04 bits per heavy atom. The van der Waals surface area contributed by atoms with Gasteiger partial charge in [-0.1, -0.05) is 18.2 Å². The number of carbonyl (C=O) groups excluding carboxylic acids is 3. The van der Waals surface area contributed by atoms with E-state index in [1.807, 2.05) is 0 Å². The minimum atomic E-state index is -0.737. The summed E-state index contributed by atoms with van der Waals surface area (Å²) in [6.45, 7) is 0. The number of nitrogens with zero attached hydrogens (tertiary/aromatic N) is 2. The summed E-state index contributed by atoms with van der Waals surface area (Å²) in [5.74, 6) is -0.676. The van der Waals surface area contributed by atoms with Crippen LogP contribution >= 0.6 is 0 Å². The second-order valence-corrected chi connectivity index (χ2v) is 5.07. The van der Waals surface area contributed by atoms with Crippen LogP contribution in [0.4, 0.5) is 10.5 Å². The van der Waals surface area contributed by atoms with Gasteiger partial charge in [0.05, 0.1) is 0 Å². The molecule has 1 fully saturated rings. The van der Waals surface area contributed by atoms with Crippen molar-refractivity contribution in [2.45, 2.75) is 6.04 Å². The maximum atomic E-state index is 12.1. The van der Waals surface area contributed by atoms with E-state index < -0.39 is 12.1 Å². The molecule has 0 spiro atoms. The Bertz CT molecular complexity index is 776. The fourth-order valence-electron chi connectivity index (χ4n) is 2.29. The molecule has 1 saturated heterocycles. The summed E-state index contributed by atoms with van der Waals surface area (Å²) in [6.07, 6.45) is 1.54. The molecular formula is C16H14N4O3. The second kappa shape index (κ2) is 5.88. The Balaban J connectivity index is 1.80. The van der Waals surface area contributed by atoms with Crippen LogP contribution in [-0.4, -0.2) is 34.8 Å². The highest BCUT2D eigenvalue weighted by Gasteiger charge is 2.36. The van der Waals surface area contributed by atoms with Gasteiger partial charge in [0.25, 0.3) is 11.8 Å². The number of hydrogen-bond donors (Lipinski definition) is 2. The third kappa shape index (κ3) is 2.89. The summed E-state index contributed by atoms with van der Waals surface area (Å²) in [7, 11) is 1.42. The summed E-state index contributed by atoms with van der Waals surface area (Å²) in [5, 5.41) is 5.31. The zero-order valence-corrected chi connectivity index (χ0v) is 12.3. The second-order valence-electron chi connectivity index (χ2n) is 5.07. The quantitative estimate of drug-likeness (QED) is 0.842. The van der Waals surface area contributed by atoms with Gasteiger partial charge in [-0.25, -0.2) is 4.79 Å². The number of benzene rings is 1. The average Bonchev–Trinajstić information content (AvgIpc) is 2.83. The molecule has 1 unspecified atom stereocenters. The standard InChI is InChI=1S/C16H14N4O3/c1-20-15(22)13(19-16(20)23)10-5-4-6-11(9-10)18-14(21)12-7-2-3-8-17-12/h2-9,13H,1H3,(H,18,21)(H,19,23). The van der Waals surface area contributed by atoms with Crippen LogP contribution in [0.2, 0.25) is 0 Å². The lowest BCUT2D eigenvalue weighted by Crippen LogP contribution is -2.25. The highest BCUT2D eigenvalue weighted by atomic mass is 16.2. The van der Waals surface area contributed by atoms with Crippen LogP contribution < -0.4 is 10.6 Å². The van der Waals surface area contributed by atoms with Crippen LogP contribution in [-0.2, 0) is 4.79 Å². The number of likely N-dealkylation sites (N-methyl/N-ethyl adjacent to an activating group) is 1. The normalized spacial score (nSPS) is 17.1. The molecule has 1 aromatic heterocycles. The molecule has 2 heterocycles. The zero-order chi connectivity index (χ0) is 16.4. The third-order valence-corrected chi connectivity index (χ3v) is 3.53. The lowest BCUT2D eigenvalue weighted by molar-refractivity contribution is -0.126. The summed E-state index contributed by atoms with van der Waals surface area (Å²) in [5.41, 5.74) is 1.42. The van der Waals surface area contributed by atoms with Crippen molar-refractivity contribution in [3.05, 3.63) is 59.9 Å². The molecule has 3 rings (SSSR count). The Labute approximate surface area is 132 Å². The number of urea groups is 1. The summed E-state index contributed by atoms with van der Waals surface area (Å²) < 4.78 is 0. The van der Waals surface area contributed by atoms with Crippen molar-refractivity contribution in [1.29, 1.82) is 0 Å². The first-order valence-electron chi connectivity index (χ1n) is 6.96. The molecule has 0 saturated carbocycles. The lowest BCUT2D eigenvalue weighted by Gasteiger charge is -2.11. The van der Waals surface area contributed by atoms with Crippen LogP contribution in [0.15, 0.2) is 48.7 Å². The molecule has 7 nitrogen and oxygen atoms in total. The van der Waals surface area contributed by atoms with Crippen LogP contribution in [0.5, 0.6) is 0 Å². The SMILES string of the molecule is CN1C(=O)NC(c2cccc(NC(=O)c3ccccn3)c2)C1=O. The van der Waals surface area contributed by atoms with Crippen molar-refractivity contribution in [2.24, 2.45) is 0 Å². The first-order chi connectivity index (χ1) is 11.1. The Morgan fingerprint density at radius 3 is 2.70 bits per heavy atom. The molecule has 7 heteroatoms. The van der Waals surface area contributed by atoms with Crippen molar-refractivity contribution in [1.82, 2.24) is 15.2 Å². The zero-order valence-electron chi connectivity index (χ0n) is 12.3. The van der Waals surface area contributed by atoms with Gasteiger partial charge >= 0.3 is 6.03 Å². The molecule has 4 amide bonds. The highest BCUT2D eigenvalue weighted by Crippen LogP contribution is 2.23. The largest absolute Gasteiger partial charge is 0.324 e. The fraction of sp³-hybridized carbons (Fsp3) is 0.125. The molecule has 0 bridgehead atoms. The van der Waals surface area contributed by atoms with Crippen molar-refractivity contribution in [3.8, 4) is 0 Å². The van der Waals surface area contributed by atoms with Gasteiger partial charge in [-0.15, -0.1) is 0 Å². The van der Waals surface area contributed by atoms with Crippen molar-refractivity contribution in [3.63, 3.8) is 0 Å². The predicted molar refractivity (Wildman–Crippen MR) is 82.7 cm³/mol. The maximum Gasteiger partial charge on any atom is 0.324 e. The van der Waals surface area contributed by atoms with E-state index in [1.54, 1.807) is 42.5 Å². The van der Waals surface area contributed by atoms with Crippen LogP contribution in [0.25, 0.3) is 0 Å². The maximum absolute atomic E-state index is 12.1. The first-order valence-corrected chi connectivity index (χ1v) is 6.96. The predicted octanol–water partition coefficient (Wildman–Crippen LogP) is 1.56. The first kappa shape index (κ1) is 14.7. The number of nitrogens with one attached hydrogen (secondary N) is 2. The number of pyridine rings is 1. The topological polar surface area (TPSA) is 91.4 Å². The van der Waals surface area contributed by atoms with E-state index in [0.717, 1.165) is 4.90 Å². The minimum Gasteiger partial charge on any atom is -0.322 e. The molecule has 0 radical (unpaired) electrons. The van der Waals surface area contributed by atoms with E-state index in [0.29, 0.717) is 16.9 Å². The summed E-state index contributed by atoms with van der Waals surface area (Å²) in [6, 6.07) is 10.7. The average molecular weight is 310 g/mol. The Hall–Kier alpha value is -3.22. The van der Waals surface area contributed by atoms with Gasteiger partial charge in [-0.2, -0.15) is 0 Å². The number of amides is 4. The van der Waals surface area contributed by atoms with Gasteiger partial charge in [0.15, 0.2) is 0 Å². The van der Waals surface area contributed by atoms with Gasteiger partial charge in [0, 0.05) is 18.9 Å². The lowest BCUT2D eigenvalue weighted by atomic mass is 10.1. The van der Waals surface area contributed by atoms with Gasteiger partial charge < -0.3 is 10.6 Å². The Morgan fingerprint density at radius 1 is 1.22 bits per heavy atom. The number of imide groups is 1. The van der Waals surface area contributed by atoms with Gasteiger partial charge in [-0.05, 0) is 29.8 Å². The molecule has 23 heavy (non-hydrogen) atoms. The van der Waals surface area contributed by atoms with Gasteiger partial charge in [0.1, 0.15) is 11.7 Å². The molecule has 2 aromatic rings. The van der Waals surface area contributed by atoms with Crippen molar-refractivity contribution in [2.75, 3.05) is 12.4 Å². The number of rotatable bonds is 3. The van der Waals surface area contributed by atoms with E-state index in [9.17, 15) is 14.4 Å². The molecule has 1 atom stereocenters. The minimum absolute atomic E-state index is 0.294. The van der Waals surface area contributed by atoms with E-state index in [-0.39, 0.29) is 11.8 Å². The molecule has 2 N–H and O–H groups in total. The third-order valence-electron chi connectivity index (χ3n) is 3.53. The fourth-order valence-corrected chi connectivity index (χ4v) is 2.29. The molecule has 116 valence electrons. The summed E-state index contributed by atoms with van der Waals surface area (Å²) in [4.78, 5) is 40.7.